The number of benzene rings is 2. The molecule has 2 aliphatic rings. The predicted octanol–water partition coefficient (Wildman–Crippen LogP) is 2.84. The van der Waals surface area contributed by atoms with E-state index >= 15 is 0 Å². The number of rotatable bonds is 7. The number of phenols is 1. The van der Waals surface area contributed by atoms with E-state index in [1.165, 1.54) is 17.0 Å². The van der Waals surface area contributed by atoms with Crippen molar-refractivity contribution in [2.24, 2.45) is 0 Å². The van der Waals surface area contributed by atoms with Gasteiger partial charge >= 0.3 is 6.01 Å². The van der Waals surface area contributed by atoms with Crippen LogP contribution in [0.5, 0.6) is 11.8 Å². The number of halogens is 1. The third-order valence-electron chi connectivity index (χ3n) is 7.22. The van der Waals surface area contributed by atoms with Gasteiger partial charge in [-0.15, -0.1) is 0 Å². The summed E-state index contributed by atoms with van der Waals surface area (Å²) in [4.78, 5) is 42.7. The van der Waals surface area contributed by atoms with Crippen LogP contribution in [0.4, 0.5) is 15.9 Å². The first-order valence-corrected chi connectivity index (χ1v) is 13.3. The number of aromatic nitrogens is 2. The molecule has 0 aliphatic carbocycles. The fourth-order valence-corrected chi connectivity index (χ4v) is 5.39. The van der Waals surface area contributed by atoms with Crippen LogP contribution in [0.25, 0.3) is 10.8 Å². The van der Waals surface area contributed by atoms with Gasteiger partial charge in [0.05, 0.1) is 5.69 Å². The summed E-state index contributed by atoms with van der Waals surface area (Å²) < 4.78 is 20.7. The Labute approximate surface area is 232 Å². The van der Waals surface area contributed by atoms with Crippen LogP contribution in [0.2, 0.25) is 0 Å². The third-order valence-corrected chi connectivity index (χ3v) is 7.22. The fourth-order valence-electron chi connectivity index (χ4n) is 5.39. The number of phenolic OH excluding ortho intramolecular Hbond substituents is 1. The van der Waals surface area contributed by atoms with Gasteiger partial charge in [0.25, 0.3) is 5.91 Å². The van der Waals surface area contributed by atoms with E-state index < -0.39 is 11.6 Å². The van der Waals surface area contributed by atoms with Crippen LogP contribution in [-0.4, -0.2) is 96.2 Å². The zero-order chi connectivity index (χ0) is 28.6. The topological polar surface area (TPSA) is 102 Å². The number of amides is 2. The zero-order valence-corrected chi connectivity index (χ0v) is 22.9. The summed E-state index contributed by atoms with van der Waals surface area (Å²) in [7, 11) is 3.87. The van der Waals surface area contributed by atoms with Gasteiger partial charge in [0.15, 0.2) is 11.6 Å². The van der Waals surface area contributed by atoms with E-state index in [1.807, 2.05) is 25.9 Å². The average molecular weight is 549 g/mol. The highest BCUT2D eigenvalue weighted by molar-refractivity contribution is 6.12. The minimum Gasteiger partial charge on any atom is -0.505 e. The highest BCUT2D eigenvalue weighted by atomic mass is 19.1. The molecule has 0 saturated carbocycles. The number of fused-ring (bicyclic) bond motifs is 2. The molecule has 5 rings (SSSR count). The van der Waals surface area contributed by atoms with Gasteiger partial charge in [0.1, 0.15) is 17.6 Å². The summed E-state index contributed by atoms with van der Waals surface area (Å²) in [6.07, 6.45) is 1.52. The standard InChI is InChI=1S/C29H33FN6O4/c1-5-24(38)34-12-14-35(15-13-34)27-21-10-11-36(22-16-23(37)25(30)20-9-7-6-8-19(20)22)28(39)26(21)31-29(32-27)40-18(2)17-33(3)4/h5-9,16,18,37H,1,10-15,17H2,2-4H3/t18-/m1/s1. The maximum Gasteiger partial charge on any atom is 0.319 e. The molecule has 40 heavy (non-hydrogen) atoms. The summed E-state index contributed by atoms with van der Waals surface area (Å²) in [6.45, 7) is 8.46. The van der Waals surface area contributed by atoms with Gasteiger partial charge in [0.2, 0.25) is 5.91 Å². The summed E-state index contributed by atoms with van der Waals surface area (Å²) >= 11 is 0. The van der Waals surface area contributed by atoms with Crippen LogP contribution >= 0.6 is 0 Å². The van der Waals surface area contributed by atoms with Crippen molar-refractivity contribution < 1.29 is 23.8 Å². The van der Waals surface area contributed by atoms with Crippen molar-refractivity contribution in [3.05, 3.63) is 60.1 Å². The van der Waals surface area contributed by atoms with Crippen LogP contribution in [0, 0.1) is 5.82 Å². The van der Waals surface area contributed by atoms with Gasteiger partial charge in [-0.25, -0.2) is 4.39 Å². The average Bonchev–Trinajstić information content (AvgIpc) is 2.94. The molecule has 0 radical (unpaired) electrons. The largest absolute Gasteiger partial charge is 0.505 e. The molecule has 11 heteroatoms. The second kappa shape index (κ2) is 11.1. The molecule has 0 unspecified atom stereocenters. The maximum absolute atomic E-state index is 14.7. The maximum atomic E-state index is 14.7. The second-order valence-electron chi connectivity index (χ2n) is 10.3. The molecule has 1 N–H and O–H groups in total. The van der Waals surface area contributed by atoms with Crippen LogP contribution in [0.15, 0.2) is 43.0 Å². The monoisotopic (exact) mass is 548 g/mol. The van der Waals surface area contributed by atoms with Gasteiger partial charge in [0, 0.05) is 61.7 Å². The summed E-state index contributed by atoms with van der Waals surface area (Å²) in [5.41, 5.74) is 1.32. The Hall–Kier alpha value is -4.25. The van der Waals surface area contributed by atoms with E-state index in [2.05, 4.69) is 16.5 Å². The molecule has 0 bridgehead atoms. The van der Waals surface area contributed by atoms with Gasteiger partial charge in [-0.1, -0.05) is 30.8 Å². The molecule has 0 spiro atoms. The van der Waals surface area contributed by atoms with Gasteiger partial charge in [-0.3, -0.25) is 9.59 Å². The Morgan fingerprint density at radius 1 is 1.18 bits per heavy atom. The van der Waals surface area contributed by atoms with E-state index in [0.29, 0.717) is 68.1 Å². The van der Waals surface area contributed by atoms with Gasteiger partial charge in [-0.05, 0) is 33.5 Å². The van der Waals surface area contributed by atoms with Crippen LogP contribution in [0.3, 0.4) is 0 Å². The Kier molecular flexibility index (Phi) is 7.57. The van der Waals surface area contributed by atoms with Crippen molar-refractivity contribution in [1.29, 1.82) is 0 Å². The Balaban J connectivity index is 1.54. The number of nitrogens with zero attached hydrogens (tertiary/aromatic N) is 6. The van der Waals surface area contributed by atoms with Crippen molar-refractivity contribution in [3.63, 3.8) is 0 Å². The highest BCUT2D eigenvalue weighted by Gasteiger charge is 2.34. The van der Waals surface area contributed by atoms with Crippen LogP contribution in [0.1, 0.15) is 23.0 Å². The number of carbonyl (C=O) groups excluding carboxylic acids is 2. The molecular formula is C29H33FN6O4. The zero-order valence-electron chi connectivity index (χ0n) is 22.9. The first kappa shape index (κ1) is 27.3. The van der Waals surface area contributed by atoms with Crippen molar-refractivity contribution in [1.82, 2.24) is 19.8 Å². The molecule has 10 nitrogen and oxygen atoms in total. The van der Waals surface area contributed by atoms with Crippen molar-refractivity contribution in [3.8, 4) is 11.8 Å². The van der Waals surface area contributed by atoms with E-state index in [1.54, 1.807) is 29.2 Å². The Morgan fingerprint density at radius 2 is 1.88 bits per heavy atom. The number of hydrogen-bond acceptors (Lipinski definition) is 8. The van der Waals surface area contributed by atoms with Gasteiger partial charge in [-0.2, -0.15) is 9.97 Å². The van der Waals surface area contributed by atoms with Crippen LogP contribution in [-0.2, 0) is 11.2 Å². The fraction of sp³-hybridized carbons (Fsp3) is 0.379. The molecule has 3 heterocycles. The molecule has 210 valence electrons. The Morgan fingerprint density at radius 3 is 2.55 bits per heavy atom. The third kappa shape index (κ3) is 5.16. The lowest BCUT2D eigenvalue weighted by Gasteiger charge is -2.37. The van der Waals surface area contributed by atoms with Crippen LogP contribution < -0.4 is 14.5 Å². The lowest BCUT2D eigenvalue weighted by atomic mass is 10.0. The summed E-state index contributed by atoms with van der Waals surface area (Å²) in [5.74, 6) is -1.14. The van der Waals surface area contributed by atoms with E-state index in [4.69, 9.17) is 9.72 Å². The lowest BCUT2D eigenvalue weighted by Crippen LogP contribution is -2.49. The smallest absolute Gasteiger partial charge is 0.319 e. The highest BCUT2D eigenvalue weighted by Crippen LogP contribution is 2.38. The molecule has 2 amide bonds. The van der Waals surface area contributed by atoms with Crippen molar-refractivity contribution in [2.75, 3.05) is 63.2 Å². The lowest BCUT2D eigenvalue weighted by molar-refractivity contribution is -0.126. The molecule has 1 atom stereocenters. The summed E-state index contributed by atoms with van der Waals surface area (Å²) in [5, 5.41) is 11.1. The van der Waals surface area contributed by atoms with E-state index in [0.717, 1.165) is 0 Å². The molecule has 1 saturated heterocycles. The number of carbonyl (C=O) groups is 2. The van der Waals surface area contributed by atoms with Crippen molar-refractivity contribution >= 4 is 34.1 Å². The number of piperazine rings is 1. The number of ether oxygens (including phenoxy) is 1. The second-order valence-corrected chi connectivity index (χ2v) is 10.3. The molecule has 1 aromatic heterocycles. The minimum absolute atomic E-state index is 0.0923. The molecule has 2 aliphatic heterocycles. The predicted molar refractivity (Wildman–Crippen MR) is 151 cm³/mol. The van der Waals surface area contributed by atoms with E-state index in [-0.39, 0.29) is 35.0 Å². The normalized spacial score (nSPS) is 16.3. The quantitative estimate of drug-likeness (QED) is 0.450. The summed E-state index contributed by atoms with van der Waals surface area (Å²) in [6, 6.07) is 8.13. The molecule has 1 fully saturated rings. The first-order valence-electron chi connectivity index (χ1n) is 13.3. The van der Waals surface area contributed by atoms with Crippen molar-refractivity contribution in [2.45, 2.75) is 19.4 Å². The molecule has 3 aromatic rings. The molecule has 2 aromatic carbocycles. The molecular weight excluding hydrogens is 515 g/mol. The number of likely N-dealkylation sites (N-methyl/N-ethyl adjacent to an activating group) is 1. The van der Waals surface area contributed by atoms with Gasteiger partial charge < -0.3 is 29.4 Å². The SMILES string of the molecule is C=CC(=O)N1CCN(c2nc(O[C@H](C)CN(C)C)nc3c2CCN(c2cc(O)c(F)c4ccccc24)C3=O)CC1. The number of anilines is 2. The Bertz CT molecular complexity index is 1470. The minimum atomic E-state index is -0.728. The number of aromatic hydroxyl groups is 1. The first-order chi connectivity index (χ1) is 19.2. The van der Waals surface area contributed by atoms with E-state index in [9.17, 15) is 19.1 Å². The number of hydrogen-bond donors (Lipinski definition) is 1.